The van der Waals surface area contributed by atoms with Crippen LogP contribution >= 0.6 is 0 Å². The van der Waals surface area contributed by atoms with Crippen molar-refractivity contribution >= 4 is 28.9 Å². The summed E-state index contributed by atoms with van der Waals surface area (Å²) >= 11 is 0. The second kappa shape index (κ2) is 8.81. The summed E-state index contributed by atoms with van der Waals surface area (Å²) in [6.07, 6.45) is 0. The molecule has 0 heterocycles. The van der Waals surface area contributed by atoms with Gasteiger partial charge in [0.2, 0.25) is 5.91 Å². The highest BCUT2D eigenvalue weighted by molar-refractivity contribution is 6.04. The first-order valence-electron chi connectivity index (χ1n) is 8.77. The standard InChI is InChI=1S/C22H20FN3O2/c1-15-3-2-4-16(13-15)22(28)26-20-11-9-18(10-12-20)24-14-21(27)25-19-7-5-17(23)6-8-19/h2-13,24H,14H2,1H3,(H,25,27)(H,26,28). The van der Waals surface area contributed by atoms with E-state index in [1.807, 2.05) is 25.1 Å². The first kappa shape index (κ1) is 19.1. The van der Waals surface area contributed by atoms with Gasteiger partial charge >= 0.3 is 0 Å². The highest BCUT2D eigenvalue weighted by Crippen LogP contribution is 2.15. The van der Waals surface area contributed by atoms with Crippen molar-refractivity contribution in [2.75, 3.05) is 22.5 Å². The molecule has 0 aliphatic carbocycles. The fraction of sp³-hybridized carbons (Fsp3) is 0.0909. The summed E-state index contributed by atoms with van der Waals surface area (Å²) in [7, 11) is 0. The number of halogens is 1. The van der Waals surface area contributed by atoms with Gasteiger partial charge in [-0.3, -0.25) is 9.59 Å². The average molecular weight is 377 g/mol. The Labute approximate surface area is 162 Å². The Morgan fingerprint density at radius 3 is 2.11 bits per heavy atom. The number of amides is 2. The maximum Gasteiger partial charge on any atom is 0.255 e. The van der Waals surface area contributed by atoms with E-state index in [0.29, 0.717) is 16.9 Å². The molecule has 28 heavy (non-hydrogen) atoms. The zero-order chi connectivity index (χ0) is 19.9. The van der Waals surface area contributed by atoms with Crippen molar-refractivity contribution < 1.29 is 14.0 Å². The second-order valence-corrected chi connectivity index (χ2v) is 6.31. The molecule has 0 unspecified atom stereocenters. The lowest BCUT2D eigenvalue weighted by atomic mass is 10.1. The van der Waals surface area contributed by atoms with Crippen LogP contribution in [-0.4, -0.2) is 18.4 Å². The van der Waals surface area contributed by atoms with Crippen LogP contribution in [0.4, 0.5) is 21.5 Å². The molecule has 0 aliphatic heterocycles. The molecule has 0 atom stereocenters. The molecule has 3 N–H and O–H groups in total. The third-order valence-corrected chi connectivity index (χ3v) is 4.00. The van der Waals surface area contributed by atoms with Crippen molar-refractivity contribution in [3.63, 3.8) is 0 Å². The van der Waals surface area contributed by atoms with Gasteiger partial charge in [-0.1, -0.05) is 17.7 Å². The molecular formula is C22H20FN3O2. The topological polar surface area (TPSA) is 70.2 Å². The molecule has 0 saturated heterocycles. The molecule has 3 aromatic carbocycles. The van der Waals surface area contributed by atoms with Gasteiger partial charge < -0.3 is 16.0 Å². The minimum absolute atomic E-state index is 0.0619. The van der Waals surface area contributed by atoms with E-state index in [-0.39, 0.29) is 24.2 Å². The molecule has 2 amide bonds. The number of carbonyl (C=O) groups excluding carboxylic acids is 2. The van der Waals surface area contributed by atoms with Crippen LogP contribution in [0.25, 0.3) is 0 Å². The Bertz CT molecular complexity index is 970. The Morgan fingerprint density at radius 2 is 1.43 bits per heavy atom. The quantitative estimate of drug-likeness (QED) is 0.595. The fourth-order valence-corrected chi connectivity index (χ4v) is 2.58. The van der Waals surface area contributed by atoms with E-state index in [9.17, 15) is 14.0 Å². The van der Waals surface area contributed by atoms with E-state index >= 15 is 0 Å². The van der Waals surface area contributed by atoms with E-state index in [1.54, 1.807) is 30.3 Å². The largest absolute Gasteiger partial charge is 0.376 e. The molecular weight excluding hydrogens is 357 g/mol. The lowest BCUT2D eigenvalue weighted by Gasteiger charge is -2.10. The number of rotatable bonds is 6. The number of carbonyl (C=O) groups is 2. The van der Waals surface area contributed by atoms with Crippen molar-refractivity contribution in [3.8, 4) is 0 Å². The molecule has 0 fully saturated rings. The molecule has 0 spiro atoms. The summed E-state index contributed by atoms with van der Waals surface area (Å²) in [5.41, 5.74) is 3.55. The van der Waals surface area contributed by atoms with E-state index in [4.69, 9.17) is 0 Å². The monoisotopic (exact) mass is 377 g/mol. The van der Waals surface area contributed by atoms with Crippen LogP contribution in [0.5, 0.6) is 0 Å². The van der Waals surface area contributed by atoms with Crippen LogP contribution in [0.15, 0.2) is 72.8 Å². The van der Waals surface area contributed by atoms with Crippen LogP contribution < -0.4 is 16.0 Å². The molecule has 0 saturated carbocycles. The summed E-state index contributed by atoms with van der Waals surface area (Å²) in [6.45, 7) is 2.00. The first-order chi connectivity index (χ1) is 13.5. The van der Waals surface area contributed by atoms with Crippen molar-refractivity contribution in [1.82, 2.24) is 0 Å². The van der Waals surface area contributed by atoms with Gasteiger partial charge in [-0.2, -0.15) is 0 Å². The highest BCUT2D eigenvalue weighted by Gasteiger charge is 2.07. The lowest BCUT2D eigenvalue weighted by Crippen LogP contribution is -2.21. The number of hydrogen-bond acceptors (Lipinski definition) is 3. The Hall–Kier alpha value is -3.67. The third kappa shape index (κ3) is 5.41. The Morgan fingerprint density at radius 1 is 0.821 bits per heavy atom. The zero-order valence-corrected chi connectivity index (χ0v) is 15.3. The SMILES string of the molecule is Cc1cccc(C(=O)Nc2ccc(NCC(=O)Nc3ccc(F)cc3)cc2)c1. The van der Waals surface area contributed by atoms with Gasteiger partial charge in [0, 0.05) is 22.6 Å². The minimum atomic E-state index is -0.356. The van der Waals surface area contributed by atoms with Crippen molar-refractivity contribution in [1.29, 1.82) is 0 Å². The second-order valence-electron chi connectivity index (χ2n) is 6.31. The predicted molar refractivity (Wildman–Crippen MR) is 109 cm³/mol. The van der Waals surface area contributed by atoms with E-state index in [0.717, 1.165) is 11.3 Å². The van der Waals surface area contributed by atoms with Gasteiger partial charge in [0.1, 0.15) is 5.82 Å². The lowest BCUT2D eigenvalue weighted by molar-refractivity contribution is -0.114. The minimum Gasteiger partial charge on any atom is -0.376 e. The van der Waals surface area contributed by atoms with Crippen LogP contribution in [0, 0.1) is 12.7 Å². The van der Waals surface area contributed by atoms with Gasteiger partial charge in [0.15, 0.2) is 0 Å². The molecule has 6 heteroatoms. The fourth-order valence-electron chi connectivity index (χ4n) is 2.58. The molecule has 5 nitrogen and oxygen atoms in total. The van der Waals surface area contributed by atoms with E-state index < -0.39 is 0 Å². The van der Waals surface area contributed by atoms with Crippen LogP contribution in [0.1, 0.15) is 15.9 Å². The van der Waals surface area contributed by atoms with Gasteiger partial charge in [0.05, 0.1) is 6.54 Å². The summed E-state index contributed by atoms with van der Waals surface area (Å²) in [5.74, 6) is -0.780. The first-order valence-corrected chi connectivity index (χ1v) is 8.77. The summed E-state index contributed by atoms with van der Waals surface area (Å²) in [4.78, 5) is 24.2. The number of anilines is 3. The third-order valence-electron chi connectivity index (χ3n) is 4.00. The summed E-state index contributed by atoms with van der Waals surface area (Å²) < 4.78 is 12.9. The molecule has 0 bridgehead atoms. The van der Waals surface area contributed by atoms with E-state index in [1.165, 1.54) is 24.3 Å². The highest BCUT2D eigenvalue weighted by atomic mass is 19.1. The predicted octanol–water partition coefficient (Wildman–Crippen LogP) is 4.44. The number of benzene rings is 3. The van der Waals surface area contributed by atoms with Gasteiger partial charge in [-0.25, -0.2) is 4.39 Å². The number of aryl methyl sites for hydroxylation is 1. The van der Waals surface area contributed by atoms with Gasteiger partial charge in [0.25, 0.3) is 5.91 Å². The van der Waals surface area contributed by atoms with Gasteiger partial charge in [-0.05, 0) is 67.6 Å². The Balaban J connectivity index is 1.50. The average Bonchev–Trinajstić information content (AvgIpc) is 2.69. The normalized spacial score (nSPS) is 10.2. The molecule has 0 aliphatic rings. The molecule has 3 rings (SSSR count). The maximum atomic E-state index is 12.9. The van der Waals surface area contributed by atoms with Crippen molar-refractivity contribution in [2.24, 2.45) is 0 Å². The van der Waals surface area contributed by atoms with Crippen molar-refractivity contribution in [2.45, 2.75) is 6.92 Å². The number of nitrogens with one attached hydrogen (secondary N) is 3. The van der Waals surface area contributed by atoms with E-state index in [2.05, 4.69) is 16.0 Å². The Kier molecular flexibility index (Phi) is 6.01. The molecule has 0 radical (unpaired) electrons. The van der Waals surface area contributed by atoms with Crippen LogP contribution in [0.3, 0.4) is 0 Å². The zero-order valence-electron chi connectivity index (χ0n) is 15.3. The van der Waals surface area contributed by atoms with Gasteiger partial charge in [-0.15, -0.1) is 0 Å². The van der Waals surface area contributed by atoms with Crippen molar-refractivity contribution in [3.05, 3.63) is 89.7 Å². The smallest absolute Gasteiger partial charge is 0.255 e. The molecule has 3 aromatic rings. The maximum absolute atomic E-state index is 12.9. The summed E-state index contributed by atoms with van der Waals surface area (Å²) in [5, 5.41) is 8.51. The molecule has 0 aromatic heterocycles. The van der Waals surface area contributed by atoms with Crippen LogP contribution in [-0.2, 0) is 4.79 Å². The van der Waals surface area contributed by atoms with Crippen LogP contribution in [0.2, 0.25) is 0 Å². The molecule has 142 valence electrons. The summed E-state index contributed by atoms with van der Waals surface area (Å²) in [6, 6.07) is 20.0. The number of hydrogen-bond donors (Lipinski definition) is 3.